The number of ketones is 1. The van der Waals surface area contributed by atoms with Crippen LogP contribution in [0.15, 0.2) is 29.8 Å². The molecule has 0 heterocycles. The molecule has 2 nitrogen and oxygen atoms in total. The number of anilines is 1. The Labute approximate surface area is 128 Å². The molecule has 1 aromatic rings. The maximum absolute atomic E-state index is 12.7. The predicted octanol–water partition coefficient (Wildman–Crippen LogP) is 4.41. The summed E-state index contributed by atoms with van der Waals surface area (Å²) in [7, 11) is 4.07. The van der Waals surface area contributed by atoms with Crippen LogP contribution in [0.3, 0.4) is 0 Å². The number of benzene rings is 1. The molecule has 2 rings (SSSR count). The monoisotopic (exact) mass is 285 g/mol. The molecule has 0 bridgehead atoms. The molecule has 1 aliphatic rings. The number of carbonyl (C=O) groups is 1. The number of rotatable bonds is 3. The van der Waals surface area contributed by atoms with Crippen molar-refractivity contribution >= 4 is 17.5 Å². The Bertz CT molecular complexity index is 525. The zero-order valence-corrected chi connectivity index (χ0v) is 13.9. The highest BCUT2D eigenvalue weighted by atomic mass is 16.1. The maximum Gasteiger partial charge on any atom is 0.162 e. The van der Waals surface area contributed by atoms with Crippen LogP contribution in [0.5, 0.6) is 0 Å². The minimum absolute atomic E-state index is 0.202. The molecule has 114 valence electrons. The molecular weight excluding hydrogens is 258 g/mol. The summed E-state index contributed by atoms with van der Waals surface area (Å²) in [6.07, 6.45) is 4.26. The van der Waals surface area contributed by atoms with Crippen LogP contribution in [-0.2, 0) is 4.79 Å². The lowest BCUT2D eigenvalue weighted by atomic mass is 9.73. The van der Waals surface area contributed by atoms with Crippen molar-refractivity contribution in [3.63, 3.8) is 0 Å². The van der Waals surface area contributed by atoms with E-state index in [1.807, 2.05) is 14.1 Å². The first-order valence-electron chi connectivity index (χ1n) is 7.93. The third-order valence-corrected chi connectivity index (χ3v) is 4.60. The van der Waals surface area contributed by atoms with E-state index in [1.165, 1.54) is 5.69 Å². The van der Waals surface area contributed by atoms with E-state index in [-0.39, 0.29) is 5.92 Å². The molecule has 2 heteroatoms. The van der Waals surface area contributed by atoms with Crippen LogP contribution >= 0.6 is 0 Å². The summed E-state index contributed by atoms with van der Waals surface area (Å²) in [5.41, 5.74) is 3.32. The average molecular weight is 285 g/mol. The summed E-state index contributed by atoms with van der Waals surface area (Å²) in [5, 5.41) is 0. The molecule has 0 N–H and O–H groups in total. The van der Waals surface area contributed by atoms with E-state index in [4.69, 9.17) is 0 Å². The van der Waals surface area contributed by atoms with E-state index < -0.39 is 0 Å². The van der Waals surface area contributed by atoms with Crippen LogP contribution in [0.2, 0.25) is 0 Å². The van der Waals surface area contributed by atoms with Gasteiger partial charge in [-0.2, -0.15) is 0 Å². The van der Waals surface area contributed by atoms with Crippen LogP contribution in [0.4, 0.5) is 5.69 Å². The van der Waals surface area contributed by atoms with E-state index >= 15 is 0 Å². The normalized spacial score (nSPS) is 24.7. The van der Waals surface area contributed by atoms with Crippen molar-refractivity contribution in [2.24, 2.45) is 17.8 Å². The highest BCUT2D eigenvalue weighted by Gasteiger charge is 2.32. The van der Waals surface area contributed by atoms with Gasteiger partial charge in [-0.25, -0.2) is 0 Å². The first-order chi connectivity index (χ1) is 9.90. The van der Waals surface area contributed by atoms with Crippen molar-refractivity contribution in [2.75, 3.05) is 19.0 Å². The van der Waals surface area contributed by atoms with Crippen LogP contribution in [-0.4, -0.2) is 19.9 Å². The molecule has 2 atom stereocenters. The van der Waals surface area contributed by atoms with Gasteiger partial charge in [0, 0.05) is 25.7 Å². The van der Waals surface area contributed by atoms with E-state index in [9.17, 15) is 4.79 Å². The van der Waals surface area contributed by atoms with Gasteiger partial charge in [-0.1, -0.05) is 32.9 Å². The second-order valence-electron chi connectivity index (χ2n) is 6.78. The summed E-state index contributed by atoms with van der Waals surface area (Å²) in [6, 6.07) is 8.40. The van der Waals surface area contributed by atoms with E-state index in [0.29, 0.717) is 17.6 Å². The fraction of sp³-hybridized carbons (Fsp3) is 0.526. The molecule has 1 aromatic carbocycles. The van der Waals surface area contributed by atoms with Crippen molar-refractivity contribution in [1.82, 2.24) is 0 Å². The van der Waals surface area contributed by atoms with Gasteiger partial charge in [-0.05, 0) is 54.0 Å². The standard InChI is InChI=1S/C19H27NO/c1-13(2)17-11-6-14(3)18(19(17)21)12-15-7-9-16(10-8-15)20(4)5/h7-10,12-14,17H,6,11H2,1-5H3/t14-,17-/m0/s1. The molecule has 21 heavy (non-hydrogen) atoms. The lowest BCUT2D eigenvalue weighted by molar-refractivity contribution is -0.122. The number of Topliss-reactive ketones (excluding diaryl/α,β-unsaturated/α-hetero) is 1. The Morgan fingerprint density at radius 3 is 2.29 bits per heavy atom. The number of nitrogens with zero attached hydrogens (tertiary/aromatic N) is 1. The number of carbonyl (C=O) groups excluding carboxylic acids is 1. The van der Waals surface area contributed by atoms with Gasteiger partial charge in [-0.3, -0.25) is 4.79 Å². The number of hydrogen-bond acceptors (Lipinski definition) is 2. The van der Waals surface area contributed by atoms with Gasteiger partial charge >= 0.3 is 0 Å². The summed E-state index contributed by atoms with van der Waals surface area (Å²) in [6.45, 7) is 6.48. The number of allylic oxidation sites excluding steroid dienone is 1. The molecule has 0 aromatic heterocycles. The first-order valence-corrected chi connectivity index (χ1v) is 7.93. The van der Waals surface area contributed by atoms with Gasteiger partial charge in [0.25, 0.3) is 0 Å². The molecule has 1 fully saturated rings. The van der Waals surface area contributed by atoms with Crippen molar-refractivity contribution in [3.05, 3.63) is 35.4 Å². The smallest absolute Gasteiger partial charge is 0.162 e. The van der Waals surface area contributed by atoms with Crippen molar-refractivity contribution in [1.29, 1.82) is 0 Å². The summed E-state index contributed by atoms with van der Waals surface area (Å²) < 4.78 is 0. The average Bonchev–Trinajstić information content (AvgIpc) is 2.43. The van der Waals surface area contributed by atoms with E-state index in [1.54, 1.807) is 0 Å². The molecule has 0 unspecified atom stereocenters. The van der Waals surface area contributed by atoms with Gasteiger partial charge in [0.05, 0.1) is 0 Å². The van der Waals surface area contributed by atoms with Crippen LogP contribution in [0, 0.1) is 17.8 Å². The van der Waals surface area contributed by atoms with Gasteiger partial charge in [0.1, 0.15) is 0 Å². The largest absolute Gasteiger partial charge is 0.378 e. The molecule has 0 aliphatic heterocycles. The van der Waals surface area contributed by atoms with Gasteiger partial charge in [0.2, 0.25) is 0 Å². The second kappa shape index (κ2) is 6.46. The summed E-state index contributed by atoms with van der Waals surface area (Å²) in [4.78, 5) is 14.8. The van der Waals surface area contributed by atoms with E-state index in [0.717, 1.165) is 24.0 Å². The van der Waals surface area contributed by atoms with Gasteiger partial charge in [0.15, 0.2) is 5.78 Å². The Morgan fingerprint density at radius 2 is 1.76 bits per heavy atom. The molecule has 1 saturated carbocycles. The second-order valence-corrected chi connectivity index (χ2v) is 6.78. The quantitative estimate of drug-likeness (QED) is 0.767. The van der Waals surface area contributed by atoms with Crippen molar-refractivity contribution in [3.8, 4) is 0 Å². The van der Waals surface area contributed by atoms with Crippen molar-refractivity contribution < 1.29 is 4.79 Å². The summed E-state index contributed by atoms with van der Waals surface area (Å²) in [5.74, 6) is 1.37. The van der Waals surface area contributed by atoms with Gasteiger partial charge < -0.3 is 4.90 Å². The fourth-order valence-electron chi connectivity index (χ4n) is 3.07. The van der Waals surface area contributed by atoms with Gasteiger partial charge in [-0.15, -0.1) is 0 Å². The third kappa shape index (κ3) is 3.55. The highest BCUT2D eigenvalue weighted by Crippen LogP contribution is 2.35. The minimum atomic E-state index is 0.202. The molecule has 0 spiro atoms. The van der Waals surface area contributed by atoms with Crippen LogP contribution in [0.25, 0.3) is 6.08 Å². The lowest BCUT2D eigenvalue weighted by Crippen LogP contribution is -2.30. The molecular formula is C19H27NO. The predicted molar refractivity (Wildman–Crippen MR) is 90.5 cm³/mol. The van der Waals surface area contributed by atoms with Crippen LogP contribution < -0.4 is 4.90 Å². The number of hydrogen-bond donors (Lipinski definition) is 0. The third-order valence-electron chi connectivity index (χ3n) is 4.60. The Balaban J connectivity index is 2.26. The fourth-order valence-corrected chi connectivity index (χ4v) is 3.07. The Kier molecular flexibility index (Phi) is 4.87. The first kappa shape index (κ1) is 15.8. The molecule has 0 amide bonds. The zero-order valence-electron chi connectivity index (χ0n) is 13.9. The SMILES string of the molecule is CC(C)[C@@H]1CC[C@H](C)C(=Cc2ccc(N(C)C)cc2)C1=O. The molecule has 1 aliphatic carbocycles. The molecule has 0 saturated heterocycles. The highest BCUT2D eigenvalue weighted by molar-refractivity contribution is 6.02. The topological polar surface area (TPSA) is 20.3 Å². The Morgan fingerprint density at radius 1 is 1.14 bits per heavy atom. The summed E-state index contributed by atoms with van der Waals surface area (Å²) >= 11 is 0. The lowest BCUT2D eigenvalue weighted by Gasteiger charge is -2.30. The minimum Gasteiger partial charge on any atom is -0.378 e. The maximum atomic E-state index is 12.7. The van der Waals surface area contributed by atoms with Crippen LogP contribution in [0.1, 0.15) is 39.2 Å². The van der Waals surface area contributed by atoms with Crippen molar-refractivity contribution in [2.45, 2.75) is 33.6 Å². The Hall–Kier alpha value is -1.57. The van der Waals surface area contributed by atoms with E-state index in [2.05, 4.69) is 56.0 Å². The zero-order chi connectivity index (χ0) is 15.6. The molecule has 0 radical (unpaired) electrons.